The molecule has 1 aromatic rings. The smallest absolute Gasteiger partial charge is 0.0521 e. The summed E-state index contributed by atoms with van der Waals surface area (Å²) in [5, 5.41) is 5.34. The predicted octanol–water partition coefficient (Wildman–Crippen LogP) is 2.79. The third-order valence-corrected chi connectivity index (χ3v) is 2.34. The maximum Gasteiger partial charge on any atom is 0.0521 e. The summed E-state index contributed by atoms with van der Waals surface area (Å²) in [4.78, 5) is 0. The van der Waals surface area contributed by atoms with Crippen molar-refractivity contribution >= 4 is 15.9 Å². The van der Waals surface area contributed by atoms with Crippen molar-refractivity contribution in [2.75, 3.05) is 5.33 Å². The van der Waals surface area contributed by atoms with Crippen molar-refractivity contribution in [1.29, 1.82) is 0 Å². The number of alkyl halides is 1. The van der Waals surface area contributed by atoms with Crippen molar-refractivity contribution in [3.05, 3.63) is 18.0 Å². The molecule has 0 aliphatic rings. The Kier molecular flexibility index (Phi) is 3.79. The molecular weight excluding hydrogens is 216 g/mol. The highest BCUT2D eigenvalue weighted by atomic mass is 79.9. The Labute approximate surface area is 82.1 Å². The van der Waals surface area contributed by atoms with Gasteiger partial charge in [-0.25, -0.2) is 0 Å². The molecule has 1 heterocycles. The Morgan fingerprint density at radius 3 is 2.83 bits per heavy atom. The van der Waals surface area contributed by atoms with E-state index < -0.39 is 0 Å². The van der Waals surface area contributed by atoms with Crippen LogP contribution in [0.1, 0.15) is 31.9 Å². The van der Waals surface area contributed by atoms with E-state index in [-0.39, 0.29) is 0 Å². The summed E-state index contributed by atoms with van der Waals surface area (Å²) in [6.45, 7) is 4.28. The molecule has 68 valence electrons. The number of aryl methyl sites for hydroxylation is 1. The van der Waals surface area contributed by atoms with Gasteiger partial charge in [-0.3, -0.25) is 4.68 Å². The Balaban J connectivity index is 2.52. The summed E-state index contributed by atoms with van der Waals surface area (Å²) < 4.78 is 2.00. The van der Waals surface area contributed by atoms with Gasteiger partial charge in [0.1, 0.15) is 0 Å². The van der Waals surface area contributed by atoms with Crippen LogP contribution in [0.3, 0.4) is 0 Å². The molecule has 0 N–H and O–H groups in total. The number of hydrogen-bond acceptors (Lipinski definition) is 1. The van der Waals surface area contributed by atoms with Crippen molar-refractivity contribution < 1.29 is 0 Å². The van der Waals surface area contributed by atoms with E-state index in [0.717, 1.165) is 11.8 Å². The largest absolute Gasteiger partial charge is 0.270 e. The maximum absolute atomic E-state index is 4.27. The first-order chi connectivity index (χ1) is 5.74. The zero-order valence-corrected chi connectivity index (χ0v) is 9.21. The van der Waals surface area contributed by atoms with Gasteiger partial charge in [0.15, 0.2) is 0 Å². The van der Waals surface area contributed by atoms with Gasteiger partial charge >= 0.3 is 0 Å². The first-order valence-corrected chi connectivity index (χ1v) is 5.45. The quantitative estimate of drug-likeness (QED) is 0.728. The van der Waals surface area contributed by atoms with Gasteiger partial charge in [-0.05, 0) is 32.3 Å². The predicted molar refractivity (Wildman–Crippen MR) is 54.7 cm³/mol. The van der Waals surface area contributed by atoms with Crippen LogP contribution in [0.2, 0.25) is 0 Å². The lowest BCUT2D eigenvalue weighted by Crippen LogP contribution is -1.99. The monoisotopic (exact) mass is 230 g/mol. The fraction of sp³-hybridized carbons (Fsp3) is 0.667. The zero-order valence-electron chi connectivity index (χ0n) is 7.63. The van der Waals surface area contributed by atoms with Crippen LogP contribution in [0, 0.1) is 0 Å². The summed E-state index contributed by atoms with van der Waals surface area (Å²) >= 11 is 3.42. The van der Waals surface area contributed by atoms with Crippen LogP contribution in [0.15, 0.2) is 12.4 Å². The zero-order chi connectivity index (χ0) is 8.97. The molecule has 0 aliphatic carbocycles. The van der Waals surface area contributed by atoms with Gasteiger partial charge in [0.25, 0.3) is 0 Å². The second-order valence-electron chi connectivity index (χ2n) is 3.21. The number of nitrogens with zero attached hydrogens (tertiary/aromatic N) is 2. The molecule has 3 heteroatoms. The Hall–Kier alpha value is -0.310. The van der Waals surface area contributed by atoms with Crippen LogP contribution in [-0.2, 0) is 6.42 Å². The first-order valence-electron chi connectivity index (χ1n) is 4.33. The minimum Gasteiger partial charge on any atom is -0.270 e. The van der Waals surface area contributed by atoms with E-state index >= 15 is 0 Å². The van der Waals surface area contributed by atoms with Gasteiger partial charge in [0, 0.05) is 17.6 Å². The van der Waals surface area contributed by atoms with Gasteiger partial charge in [0.2, 0.25) is 0 Å². The molecule has 1 rings (SSSR count). The van der Waals surface area contributed by atoms with E-state index in [0.29, 0.717) is 6.04 Å². The van der Waals surface area contributed by atoms with Crippen molar-refractivity contribution in [3.8, 4) is 0 Å². The number of aromatic nitrogens is 2. The van der Waals surface area contributed by atoms with E-state index in [1.165, 1.54) is 12.0 Å². The van der Waals surface area contributed by atoms with Gasteiger partial charge in [-0.15, -0.1) is 0 Å². The highest BCUT2D eigenvalue weighted by Gasteiger charge is 2.00. The van der Waals surface area contributed by atoms with Crippen molar-refractivity contribution in [3.63, 3.8) is 0 Å². The van der Waals surface area contributed by atoms with Crippen molar-refractivity contribution in [1.82, 2.24) is 9.78 Å². The fourth-order valence-electron chi connectivity index (χ4n) is 1.06. The van der Waals surface area contributed by atoms with E-state index in [2.05, 4.69) is 41.1 Å². The van der Waals surface area contributed by atoms with Gasteiger partial charge < -0.3 is 0 Å². The van der Waals surface area contributed by atoms with Crippen LogP contribution in [0.4, 0.5) is 0 Å². The van der Waals surface area contributed by atoms with E-state index in [1.807, 2.05) is 10.9 Å². The van der Waals surface area contributed by atoms with E-state index in [1.54, 1.807) is 0 Å². The molecule has 12 heavy (non-hydrogen) atoms. The van der Waals surface area contributed by atoms with Crippen LogP contribution in [0.5, 0.6) is 0 Å². The van der Waals surface area contributed by atoms with Gasteiger partial charge in [0.05, 0.1) is 6.20 Å². The summed E-state index contributed by atoms with van der Waals surface area (Å²) in [6.07, 6.45) is 6.40. The summed E-state index contributed by atoms with van der Waals surface area (Å²) in [5.41, 5.74) is 1.34. The molecule has 0 amide bonds. The Morgan fingerprint density at radius 2 is 2.33 bits per heavy atom. The van der Waals surface area contributed by atoms with E-state index in [4.69, 9.17) is 0 Å². The van der Waals surface area contributed by atoms with Gasteiger partial charge in [-0.2, -0.15) is 5.10 Å². The average Bonchev–Trinajstić information content (AvgIpc) is 2.48. The second kappa shape index (κ2) is 4.65. The van der Waals surface area contributed by atoms with Crippen molar-refractivity contribution in [2.24, 2.45) is 0 Å². The first kappa shape index (κ1) is 9.78. The third kappa shape index (κ3) is 2.63. The lowest BCUT2D eigenvalue weighted by molar-refractivity contribution is 0.532. The topological polar surface area (TPSA) is 17.8 Å². The molecule has 0 spiro atoms. The second-order valence-corrected chi connectivity index (χ2v) is 4.01. The van der Waals surface area contributed by atoms with Crippen LogP contribution in [0.25, 0.3) is 0 Å². The van der Waals surface area contributed by atoms with Gasteiger partial charge in [-0.1, -0.05) is 15.9 Å². The molecule has 0 saturated carbocycles. The third-order valence-electron chi connectivity index (χ3n) is 1.78. The molecule has 0 unspecified atom stereocenters. The minimum absolute atomic E-state index is 0.475. The molecule has 2 nitrogen and oxygen atoms in total. The molecular formula is C9H15BrN2. The Bertz CT molecular complexity index is 230. The summed E-state index contributed by atoms with van der Waals surface area (Å²) in [5.74, 6) is 0. The molecule has 0 atom stereocenters. The lowest BCUT2D eigenvalue weighted by Gasteiger charge is -2.02. The minimum atomic E-state index is 0.475. The lowest BCUT2D eigenvalue weighted by atomic mass is 10.2. The fourth-order valence-corrected chi connectivity index (χ4v) is 1.34. The SMILES string of the molecule is CC(C)n1cc(CCCBr)cn1. The maximum atomic E-state index is 4.27. The van der Waals surface area contributed by atoms with E-state index in [9.17, 15) is 0 Å². The normalized spacial score (nSPS) is 11.0. The average molecular weight is 231 g/mol. The molecule has 0 saturated heterocycles. The van der Waals surface area contributed by atoms with Crippen LogP contribution in [-0.4, -0.2) is 15.1 Å². The van der Waals surface area contributed by atoms with Crippen LogP contribution < -0.4 is 0 Å². The Morgan fingerprint density at radius 1 is 1.58 bits per heavy atom. The molecule has 0 aromatic carbocycles. The number of hydrogen-bond donors (Lipinski definition) is 0. The summed E-state index contributed by atoms with van der Waals surface area (Å²) in [6, 6.07) is 0.475. The van der Waals surface area contributed by atoms with Crippen LogP contribution >= 0.6 is 15.9 Å². The molecule has 1 aromatic heterocycles. The van der Waals surface area contributed by atoms with Crippen molar-refractivity contribution in [2.45, 2.75) is 32.7 Å². The highest BCUT2D eigenvalue weighted by Crippen LogP contribution is 2.07. The molecule has 0 radical (unpaired) electrons. The highest BCUT2D eigenvalue weighted by molar-refractivity contribution is 9.09. The number of halogens is 1. The standard InChI is InChI=1S/C9H15BrN2/c1-8(2)12-7-9(6-11-12)4-3-5-10/h6-8H,3-5H2,1-2H3. The molecule has 0 aliphatic heterocycles. The molecule has 0 bridgehead atoms. The number of rotatable bonds is 4. The molecule has 0 fully saturated rings. The summed E-state index contributed by atoms with van der Waals surface area (Å²) in [7, 11) is 0.